The summed E-state index contributed by atoms with van der Waals surface area (Å²) in [7, 11) is 0. The first kappa shape index (κ1) is 21.2. The third-order valence-electron chi connectivity index (χ3n) is 7.61. The van der Waals surface area contributed by atoms with Gasteiger partial charge >= 0.3 is 0 Å². The molecule has 1 saturated carbocycles. The molecule has 2 aromatic rings. The zero-order chi connectivity index (χ0) is 20.9. The molecule has 3 fully saturated rings. The van der Waals surface area contributed by atoms with Gasteiger partial charge in [-0.25, -0.2) is 4.98 Å². The third-order valence-corrected chi connectivity index (χ3v) is 7.61. The molecule has 0 amide bonds. The lowest BCUT2D eigenvalue weighted by Gasteiger charge is -2.38. The molecule has 1 atom stereocenters. The van der Waals surface area contributed by atoms with Crippen LogP contribution >= 0.6 is 0 Å². The smallest absolute Gasteiger partial charge is 0.136 e. The molecule has 31 heavy (non-hydrogen) atoms. The van der Waals surface area contributed by atoms with Crippen LogP contribution in [-0.2, 0) is 11.3 Å². The quantitative estimate of drug-likeness (QED) is 0.627. The number of ether oxygens (including phenoxy) is 1. The van der Waals surface area contributed by atoms with Crippen molar-refractivity contribution >= 4 is 0 Å². The molecule has 5 rings (SSSR count). The number of nitrogens with zero attached hydrogens (tertiary/aromatic N) is 4. The first-order valence-electron chi connectivity index (χ1n) is 12.5. The van der Waals surface area contributed by atoms with Crippen LogP contribution < -0.4 is 0 Å². The number of rotatable bonds is 8. The third kappa shape index (κ3) is 5.39. The zero-order valence-corrected chi connectivity index (χ0v) is 18.9. The first-order chi connectivity index (χ1) is 15.3. The van der Waals surface area contributed by atoms with E-state index in [1.165, 1.54) is 76.7 Å². The van der Waals surface area contributed by atoms with Crippen molar-refractivity contribution in [1.29, 1.82) is 0 Å². The average molecular weight is 423 g/mol. The van der Waals surface area contributed by atoms with E-state index in [0.717, 1.165) is 37.5 Å². The summed E-state index contributed by atoms with van der Waals surface area (Å²) in [5, 5.41) is 0. The summed E-state index contributed by atoms with van der Waals surface area (Å²) in [4.78, 5) is 10.0. The maximum atomic E-state index is 6.02. The monoisotopic (exact) mass is 422 g/mol. The van der Waals surface area contributed by atoms with Gasteiger partial charge in [-0.15, -0.1) is 0 Å². The zero-order valence-electron chi connectivity index (χ0n) is 18.9. The predicted octanol–water partition coefficient (Wildman–Crippen LogP) is 4.51. The van der Waals surface area contributed by atoms with Gasteiger partial charge in [0.2, 0.25) is 0 Å². The fraction of sp³-hybridized carbons (Fsp3) is 0.654. The van der Waals surface area contributed by atoms with Crippen LogP contribution in [-0.4, -0.2) is 64.3 Å². The van der Waals surface area contributed by atoms with E-state index < -0.39 is 0 Å². The molecular formula is C26H38N4O. The Hall–Kier alpha value is -1.69. The van der Waals surface area contributed by atoms with Crippen molar-refractivity contribution in [3.63, 3.8) is 0 Å². The van der Waals surface area contributed by atoms with Gasteiger partial charge in [0.25, 0.3) is 0 Å². The average Bonchev–Trinajstić information content (AvgIpc) is 3.58. The fourth-order valence-corrected chi connectivity index (χ4v) is 5.91. The van der Waals surface area contributed by atoms with Gasteiger partial charge in [0.1, 0.15) is 5.82 Å². The topological polar surface area (TPSA) is 33.5 Å². The van der Waals surface area contributed by atoms with E-state index in [1.807, 2.05) is 12.3 Å². The Labute approximate surface area is 187 Å². The van der Waals surface area contributed by atoms with Gasteiger partial charge in [0.15, 0.2) is 0 Å². The second-order valence-electron chi connectivity index (χ2n) is 9.80. The Morgan fingerprint density at radius 3 is 2.55 bits per heavy atom. The number of piperidine rings is 1. The maximum Gasteiger partial charge on any atom is 0.136 e. The van der Waals surface area contributed by atoms with Crippen molar-refractivity contribution < 1.29 is 4.74 Å². The number of pyridine rings is 1. The highest BCUT2D eigenvalue weighted by molar-refractivity contribution is 5.27. The Bertz CT molecular complexity index is 787. The van der Waals surface area contributed by atoms with E-state index in [2.05, 4.69) is 49.8 Å². The minimum atomic E-state index is 0.400. The highest BCUT2D eigenvalue weighted by Gasteiger charge is 2.29. The second-order valence-corrected chi connectivity index (χ2v) is 9.80. The van der Waals surface area contributed by atoms with Crippen LogP contribution in [0.15, 0.2) is 42.7 Å². The van der Waals surface area contributed by atoms with E-state index in [1.54, 1.807) is 0 Å². The molecule has 1 aliphatic carbocycles. The van der Waals surface area contributed by atoms with Crippen LogP contribution in [0.5, 0.6) is 0 Å². The van der Waals surface area contributed by atoms with Gasteiger partial charge < -0.3 is 14.2 Å². The molecule has 0 spiro atoms. The van der Waals surface area contributed by atoms with E-state index in [-0.39, 0.29) is 0 Å². The van der Waals surface area contributed by atoms with Crippen LogP contribution in [0.4, 0.5) is 0 Å². The highest BCUT2D eigenvalue weighted by Crippen LogP contribution is 2.29. The van der Waals surface area contributed by atoms with Gasteiger partial charge in [-0.1, -0.05) is 18.9 Å². The lowest BCUT2D eigenvalue weighted by Crippen LogP contribution is -2.43. The number of aromatic nitrogens is 2. The van der Waals surface area contributed by atoms with Crippen molar-refractivity contribution in [2.75, 3.05) is 32.8 Å². The van der Waals surface area contributed by atoms with Gasteiger partial charge in [0.05, 0.1) is 6.10 Å². The first-order valence-corrected chi connectivity index (χ1v) is 12.5. The molecule has 2 aromatic heterocycles. The standard InChI is InChI=1S/C26H38N4O/c1-2-8-23(7-1)29-16-12-22(13-17-29)19-28(21-25-10-6-18-31-25)20-24-9-5-15-30(24)26-11-3-4-14-27-26/h3-5,9,11,14-15,22-23,25H,1-2,6-8,10,12-13,16-21H2/t25-/m0/s1. The second kappa shape index (κ2) is 10.3. The summed E-state index contributed by atoms with van der Waals surface area (Å²) < 4.78 is 8.26. The summed E-state index contributed by atoms with van der Waals surface area (Å²) in [6.45, 7) is 6.73. The lowest BCUT2D eigenvalue weighted by molar-refractivity contribution is 0.0533. The molecule has 3 aliphatic rings. The van der Waals surface area contributed by atoms with E-state index in [4.69, 9.17) is 4.74 Å². The summed E-state index contributed by atoms with van der Waals surface area (Å²) in [6, 6.07) is 11.4. The van der Waals surface area contributed by atoms with Crippen LogP contribution in [0, 0.1) is 5.92 Å². The molecule has 0 unspecified atom stereocenters. The van der Waals surface area contributed by atoms with Crippen LogP contribution in [0.3, 0.4) is 0 Å². The maximum absolute atomic E-state index is 6.02. The van der Waals surface area contributed by atoms with E-state index in [0.29, 0.717) is 6.10 Å². The molecule has 0 N–H and O–H groups in total. The van der Waals surface area contributed by atoms with Gasteiger partial charge in [-0.3, -0.25) is 4.90 Å². The number of hydrogen-bond acceptors (Lipinski definition) is 4. The SMILES string of the molecule is c1ccc(-n2cccc2CN(CC2CCN(C3CCCC3)CC2)C[C@@H]2CCCO2)nc1. The van der Waals surface area contributed by atoms with Crippen molar-refractivity contribution in [3.8, 4) is 5.82 Å². The minimum Gasteiger partial charge on any atom is -0.377 e. The summed E-state index contributed by atoms with van der Waals surface area (Å²) in [5.41, 5.74) is 1.32. The lowest BCUT2D eigenvalue weighted by atomic mass is 9.94. The molecule has 2 saturated heterocycles. The minimum absolute atomic E-state index is 0.400. The van der Waals surface area contributed by atoms with Gasteiger partial charge in [-0.2, -0.15) is 0 Å². The molecule has 0 bridgehead atoms. The summed E-state index contributed by atoms with van der Waals surface area (Å²) in [5.74, 6) is 1.81. The molecule has 2 aliphatic heterocycles. The fourth-order valence-electron chi connectivity index (χ4n) is 5.91. The molecule has 0 aromatic carbocycles. The Morgan fingerprint density at radius 2 is 1.81 bits per heavy atom. The van der Waals surface area contributed by atoms with E-state index in [9.17, 15) is 0 Å². The Morgan fingerprint density at radius 1 is 0.935 bits per heavy atom. The highest BCUT2D eigenvalue weighted by atomic mass is 16.5. The molecular weight excluding hydrogens is 384 g/mol. The molecule has 0 radical (unpaired) electrons. The molecule has 5 heteroatoms. The van der Waals surface area contributed by atoms with Gasteiger partial charge in [0, 0.05) is 50.4 Å². The van der Waals surface area contributed by atoms with Crippen LogP contribution in [0.25, 0.3) is 5.82 Å². The van der Waals surface area contributed by atoms with Crippen LogP contribution in [0.2, 0.25) is 0 Å². The largest absolute Gasteiger partial charge is 0.377 e. The Balaban J connectivity index is 1.23. The predicted molar refractivity (Wildman–Crippen MR) is 124 cm³/mol. The number of likely N-dealkylation sites (tertiary alicyclic amines) is 1. The molecule has 4 heterocycles. The van der Waals surface area contributed by atoms with Crippen molar-refractivity contribution in [2.24, 2.45) is 5.92 Å². The van der Waals surface area contributed by atoms with Crippen LogP contribution in [0.1, 0.15) is 57.1 Å². The van der Waals surface area contributed by atoms with Crippen molar-refractivity contribution in [2.45, 2.75) is 70.1 Å². The summed E-state index contributed by atoms with van der Waals surface area (Å²) >= 11 is 0. The normalized spacial score (nSPS) is 23.8. The van der Waals surface area contributed by atoms with Gasteiger partial charge in [-0.05, 0) is 81.8 Å². The Kier molecular flexibility index (Phi) is 7.02. The van der Waals surface area contributed by atoms with Crippen molar-refractivity contribution in [3.05, 3.63) is 48.4 Å². The summed E-state index contributed by atoms with van der Waals surface area (Å²) in [6.07, 6.45) is 15.3. The molecule has 168 valence electrons. The molecule has 5 nitrogen and oxygen atoms in total. The van der Waals surface area contributed by atoms with E-state index >= 15 is 0 Å². The van der Waals surface area contributed by atoms with Crippen molar-refractivity contribution in [1.82, 2.24) is 19.4 Å². The number of hydrogen-bond donors (Lipinski definition) is 0.